The van der Waals surface area contributed by atoms with E-state index >= 15 is 0 Å². The van der Waals surface area contributed by atoms with Crippen LogP contribution in [0.1, 0.15) is 38.7 Å². The molecule has 20 heavy (non-hydrogen) atoms. The summed E-state index contributed by atoms with van der Waals surface area (Å²) in [5.74, 6) is 0.234. The first kappa shape index (κ1) is 15.0. The molecule has 0 radical (unpaired) electrons. The summed E-state index contributed by atoms with van der Waals surface area (Å²) in [5.41, 5.74) is 1.11. The summed E-state index contributed by atoms with van der Waals surface area (Å²) in [6.07, 6.45) is 4.07. The Balaban J connectivity index is 1.91. The van der Waals surface area contributed by atoms with Crippen LogP contribution in [-0.4, -0.2) is 25.0 Å². The van der Waals surface area contributed by atoms with E-state index in [1.807, 2.05) is 18.2 Å². The summed E-state index contributed by atoms with van der Waals surface area (Å²) < 4.78 is 0. The zero-order valence-electron chi connectivity index (χ0n) is 12.6. The molecule has 0 aromatic heterocycles. The summed E-state index contributed by atoms with van der Waals surface area (Å²) in [7, 11) is 0. The van der Waals surface area contributed by atoms with Crippen molar-refractivity contribution < 1.29 is 4.79 Å². The molecule has 1 atom stereocenters. The van der Waals surface area contributed by atoms with E-state index < -0.39 is 0 Å². The van der Waals surface area contributed by atoms with E-state index in [0.717, 1.165) is 25.8 Å². The molecule has 110 valence electrons. The Hall–Kier alpha value is -1.35. The molecule has 1 saturated carbocycles. The highest BCUT2D eigenvalue weighted by Crippen LogP contribution is 2.43. The van der Waals surface area contributed by atoms with Gasteiger partial charge in [0.1, 0.15) is 0 Å². The van der Waals surface area contributed by atoms with Crippen molar-refractivity contribution in [3.63, 3.8) is 0 Å². The van der Waals surface area contributed by atoms with E-state index in [0.29, 0.717) is 12.6 Å². The molecule has 1 amide bonds. The molecule has 1 aliphatic rings. The number of nitrogens with one attached hydrogen (secondary N) is 2. The predicted octanol–water partition coefficient (Wildman–Crippen LogP) is 2.51. The predicted molar refractivity (Wildman–Crippen MR) is 82.6 cm³/mol. The van der Waals surface area contributed by atoms with Crippen LogP contribution in [0.4, 0.5) is 0 Å². The third kappa shape index (κ3) is 3.60. The molecule has 0 saturated heterocycles. The average Bonchev–Trinajstić information content (AvgIpc) is 2.42. The molecule has 3 nitrogen and oxygen atoms in total. The maximum atomic E-state index is 12.5. The number of carbonyl (C=O) groups excluding carboxylic acids is 1. The van der Waals surface area contributed by atoms with Gasteiger partial charge in [0.05, 0.1) is 5.41 Å². The molecule has 0 unspecified atom stereocenters. The van der Waals surface area contributed by atoms with E-state index in [-0.39, 0.29) is 11.3 Å². The van der Waals surface area contributed by atoms with Gasteiger partial charge in [0.15, 0.2) is 0 Å². The van der Waals surface area contributed by atoms with E-state index in [9.17, 15) is 4.79 Å². The van der Waals surface area contributed by atoms with Gasteiger partial charge in [0.2, 0.25) is 5.91 Å². The van der Waals surface area contributed by atoms with Crippen molar-refractivity contribution in [1.82, 2.24) is 10.6 Å². The largest absolute Gasteiger partial charge is 0.354 e. The summed E-state index contributed by atoms with van der Waals surface area (Å²) in [6, 6.07) is 10.7. The summed E-state index contributed by atoms with van der Waals surface area (Å²) in [4.78, 5) is 12.5. The van der Waals surface area contributed by atoms with Crippen molar-refractivity contribution in [2.75, 3.05) is 13.1 Å². The molecule has 0 aliphatic heterocycles. The monoisotopic (exact) mass is 274 g/mol. The second kappa shape index (κ2) is 6.89. The minimum Gasteiger partial charge on any atom is -0.354 e. The second-order valence-electron chi connectivity index (χ2n) is 5.97. The lowest BCUT2D eigenvalue weighted by atomic mass is 9.64. The van der Waals surface area contributed by atoms with Gasteiger partial charge in [-0.25, -0.2) is 0 Å². The van der Waals surface area contributed by atoms with Gasteiger partial charge in [0, 0.05) is 12.6 Å². The van der Waals surface area contributed by atoms with Gasteiger partial charge >= 0.3 is 0 Å². The molecule has 2 rings (SSSR count). The molecule has 1 aromatic carbocycles. The van der Waals surface area contributed by atoms with Gasteiger partial charge in [-0.2, -0.15) is 0 Å². The van der Waals surface area contributed by atoms with Gasteiger partial charge in [-0.15, -0.1) is 0 Å². The summed E-state index contributed by atoms with van der Waals surface area (Å²) in [6.45, 7) is 5.84. The van der Waals surface area contributed by atoms with Gasteiger partial charge in [-0.3, -0.25) is 4.79 Å². The Labute approximate surface area is 122 Å². The lowest BCUT2D eigenvalue weighted by molar-refractivity contribution is -0.136. The maximum Gasteiger partial charge on any atom is 0.226 e. The number of likely N-dealkylation sites (N-methyl/N-ethyl adjacent to an activating group) is 1. The summed E-state index contributed by atoms with van der Waals surface area (Å²) in [5, 5.41) is 6.45. The molecule has 2 N–H and O–H groups in total. The molecule has 0 spiro atoms. The number of carbonyl (C=O) groups is 1. The van der Waals surface area contributed by atoms with Crippen LogP contribution in [0, 0.1) is 5.41 Å². The van der Waals surface area contributed by atoms with Gasteiger partial charge in [-0.05, 0) is 38.3 Å². The molecule has 3 heteroatoms. The highest BCUT2D eigenvalue weighted by molar-refractivity contribution is 5.83. The van der Waals surface area contributed by atoms with Crippen LogP contribution in [0.15, 0.2) is 30.3 Å². The SMILES string of the molecule is CCN[C@H](C)CNC(=O)C1(Cc2ccccc2)CCC1. The average molecular weight is 274 g/mol. The zero-order valence-corrected chi connectivity index (χ0v) is 12.6. The Morgan fingerprint density at radius 1 is 1.30 bits per heavy atom. The smallest absolute Gasteiger partial charge is 0.226 e. The lowest BCUT2D eigenvalue weighted by Gasteiger charge is -2.40. The number of hydrogen-bond acceptors (Lipinski definition) is 2. The van der Waals surface area contributed by atoms with Crippen molar-refractivity contribution in [1.29, 1.82) is 0 Å². The number of benzene rings is 1. The fraction of sp³-hybridized carbons (Fsp3) is 0.588. The Morgan fingerprint density at radius 2 is 2.00 bits per heavy atom. The van der Waals surface area contributed by atoms with Crippen LogP contribution in [-0.2, 0) is 11.2 Å². The first-order chi connectivity index (χ1) is 9.66. The van der Waals surface area contributed by atoms with E-state index in [1.54, 1.807) is 0 Å². The van der Waals surface area contributed by atoms with Crippen molar-refractivity contribution in [2.45, 2.75) is 45.6 Å². The Kier molecular flexibility index (Phi) is 5.18. The number of amides is 1. The molecule has 1 aliphatic carbocycles. The van der Waals surface area contributed by atoms with Gasteiger partial charge in [0.25, 0.3) is 0 Å². The van der Waals surface area contributed by atoms with Gasteiger partial charge < -0.3 is 10.6 Å². The van der Waals surface area contributed by atoms with Crippen molar-refractivity contribution >= 4 is 5.91 Å². The van der Waals surface area contributed by atoms with Crippen molar-refractivity contribution in [3.8, 4) is 0 Å². The summed E-state index contributed by atoms with van der Waals surface area (Å²) >= 11 is 0. The van der Waals surface area contributed by atoms with Crippen LogP contribution in [0.5, 0.6) is 0 Å². The zero-order chi connectivity index (χ0) is 14.4. The number of rotatable bonds is 7. The lowest BCUT2D eigenvalue weighted by Crippen LogP contribution is -2.50. The minimum atomic E-state index is -0.159. The first-order valence-corrected chi connectivity index (χ1v) is 7.72. The molecule has 0 heterocycles. The molecular weight excluding hydrogens is 248 g/mol. The highest BCUT2D eigenvalue weighted by atomic mass is 16.2. The van der Waals surface area contributed by atoms with Gasteiger partial charge in [-0.1, -0.05) is 43.7 Å². The fourth-order valence-corrected chi connectivity index (χ4v) is 2.93. The Morgan fingerprint density at radius 3 is 2.55 bits per heavy atom. The van der Waals surface area contributed by atoms with Crippen LogP contribution in [0.2, 0.25) is 0 Å². The normalized spacial score (nSPS) is 18.1. The maximum absolute atomic E-state index is 12.5. The Bertz CT molecular complexity index is 426. The van der Waals surface area contributed by atoms with Crippen LogP contribution in [0.3, 0.4) is 0 Å². The first-order valence-electron chi connectivity index (χ1n) is 7.72. The van der Waals surface area contributed by atoms with E-state index in [1.165, 1.54) is 12.0 Å². The third-order valence-electron chi connectivity index (χ3n) is 4.30. The van der Waals surface area contributed by atoms with E-state index in [4.69, 9.17) is 0 Å². The number of hydrogen-bond donors (Lipinski definition) is 2. The molecule has 0 bridgehead atoms. The second-order valence-corrected chi connectivity index (χ2v) is 5.97. The topological polar surface area (TPSA) is 41.1 Å². The third-order valence-corrected chi connectivity index (χ3v) is 4.30. The standard InChI is InChI=1S/C17H26N2O/c1-3-18-14(2)13-19-16(20)17(10-7-11-17)12-15-8-5-4-6-9-15/h4-6,8-9,14,18H,3,7,10-13H2,1-2H3,(H,19,20)/t14-/m1/s1. The quantitative estimate of drug-likeness (QED) is 0.802. The molecular formula is C17H26N2O. The molecule has 1 fully saturated rings. The van der Waals surface area contributed by atoms with E-state index in [2.05, 4.69) is 36.6 Å². The van der Waals surface area contributed by atoms with Crippen LogP contribution >= 0.6 is 0 Å². The van der Waals surface area contributed by atoms with Crippen LogP contribution < -0.4 is 10.6 Å². The highest BCUT2D eigenvalue weighted by Gasteiger charge is 2.43. The van der Waals surface area contributed by atoms with Crippen molar-refractivity contribution in [2.24, 2.45) is 5.41 Å². The molecule has 1 aromatic rings. The minimum absolute atomic E-state index is 0.159. The van der Waals surface area contributed by atoms with Crippen molar-refractivity contribution in [3.05, 3.63) is 35.9 Å². The van der Waals surface area contributed by atoms with Crippen LogP contribution in [0.25, 0.3) is 0 Å². The fourth-order valence-electron chi connectivity index (χ4n) is 2.93.